The van der Waals surface area contributed by atoms with Crippen molar-refractivity contribution in [2.75, 3.05) is 12.3 Å². The number of imidazole rings is 1. The van der Waals surface area contributed by atoms with E-state index >= 15 is 0 Å². The number of nitrogens with zero attached hydrogens (tertiary/aromatic N) is 3. The van der Waals surface area contributed by atoms with Gasteiger partial charge in [0.2, 0.25) is 10.0 Å². The van der Waals surface area contributed by atoms with Crippen molar-refractivity contribution in [1.29, 1.82) is 0 Å². The standard InChI is InChI=1S/C12H14N4O2S/c13-10-1-3-11(4-2-10)19(17,18)16-8-7-15-6-5-14-12(15)9-16/h1-6H,7-9,13H2. The van der Waals surface area contributed by atoms with Crippen molar-refractivity contribution < 1.29 is 8.42 Å². The number of nitrogens with two attached hydrogens (primary N) is 1. The fraction of sp³-hybridized carbons (Fsp3) is 0.250. The molecule has 0 unspecified atom stereocenters. The largest absolute Gasteiger partial charge is 0.399 e. The number of benzene rings is 1. The molecule has 19 heavy (non-hydrogen) atoms. The van der Waals surface area contributed by atoms with Gasteiger partial charge in [0.05, 0.1) is 11.4 Å². The first-order chi connectivity index (χ1) is 9.07. The lowest BCUT2D eigenvalue weighted by Crippen LogP contribution is -2.38. The third kappa shape index (κ3) is 2.11. The minimum atomic E-state index is -3.47. The van der Waals surface area contributed by atoms with Crippen LogP contribution in [0.5, 0.6) is 0 Å². The van der Waals surface area contributed by atoms with Gasteiger partial charge in [0.25, 0.3) is 0 Å². The Hall–Kier alpha value is -1.86. The van der Waals surface area contributed by atoms with Gasteiger partial charge in [-0.15, -0.1) is 0 Å². The third-order valence-corrected chi connectivity index (χ3v) is 5.09. The first-order valence-electron chi connectivity index (χ1n) is 5.93. The normalized spacial score (nSPS) is 16.2. The maximum absolute atomic E-state index is 12.5. The van der Waals surface area contributed by atoms with E-state index in [1.165, 1.54) is 16.4 Å². The van der Waals surface area contributed by atoms with E-state index in [4.69, 9.17) is 5.73 Å². The summed E-state index contributed by atoms with van der Waals surface area (Å²) in [5, 5.41) is 0. The molecule has 0 fully saturated rings. The molecule has 1 aromatic carbocycles. The highest BCUT2D eigenvalue weighted by molar-refractivity contribution is 7.89. The number of anilines is 1. The quantitative estimate of drug-likeness (QED) is 0.819. The number of aromatic nitrogens is 2. The topological polar surface area (TPSA) is 81.2 Å². The van der Waals surface area contributed by atoms with Crippen LogP contribution in [0.15, 0.2) is 41.6 Å². The van der Waals surface area contributed by atoms with Crippen LogP contribution in [0.4, 0.5) is 5.69 Å². The molecule has 0 bridgehead atoms. The fourth-order valence-electron chi connectivity index (χ4n) is 2.15. The van der Waals surface area contributed by atoms with Gasteiger partial charge in [-0.3, -0.25) is 0 Å². The maximum atomic E-state index is 12.5. The summed E-state index contributed by atoms with van der Waals surface area (Å²) in [6.45, 7) is 1.39. The van der Waals surface area contributed by atoms with Gasteiger partial charge in [-0.1, -0.05) is 0 Å². The zero-order chi connectivity index (χ0) is 13.5. The second-order valence-corrected chi connectivity index (χ2v) is 6.38. The van der Waals surface area contributed by atoms with Crippen molar-refractivity contribution in [2.45, 2.75) is 18.0 Å². The first kappa shape index (κ1) is 12.2. The third-order valence-electron chi connectivity index (χ3n) is 3.23. The van der Waals surface area contributed by atoms with Gasteiger partial charge >= 0.3 is 0 Å². The molecule has 0 saturated heterocycles. The molecular weight excluding hydrogens is 264 g/mol. The maximum Gasteiger partial charge on any atom is 0.243 e. The highest BCUT2D eigenvalue weighted by Crippen LogP contribution is 2.21. The summed E-state index contributed by atoms with van der Waals surface area (Å²) in [4.78, 5) is 4.43. The minimum Gasteiger partial charge on any atom is -0.399 e. The summed E-state index contributed by atoms with van der Waals surface area (Å²) in [7, 11) is -3.47. The van der Waals surface area contributed by atoms with E-state index < -0.39 is 10.0 Å². The van der Waals surface area contributed by atoms with E-state index in [0.717, 1.165) is 5.82 Å². The number of hydrogen-bond acceptors (Lipinski definition) is 4. The van der Waals surface area contributed by atoms with E-state index in [-0.39, 0.29) is 4.90 Å². The lowest BCUT2D eigenvalue weighted by molar-refractivity contribution is 0.335. The van der Waals surface area contributed by atoms with Crippen molar-refractivity contribution >= 4 is 15.7 Å². The molecule has 2 N–H and O–H groups in total. The number of nitrogen functional groups attached to an aromatic ring is 1. The number of sulfonamides is 1. The average Bonchev–Trinajstić information content (AvgIpc) is 2.86. The van der Waals surface area contributed by atoms with Crippen LogP contribution in [-0.2, 0) is 23.1 Å². The number of fused-ring (bicyclic) bond motifs is 1. The lowest BCUT2D eigenvalue weighted by Gasteiger charge is -2.26. The number of hydrogen-bond donors (Lipinski definition) is 1. The molecule has 1 aliphatic heterocycles. The molecule has 100 valence electrons. The summed E-state index contributed by atoms with van der Waals surface area (Å²) < 4.78 is 28.4. The van der Waals surface area contributed by atoms with Gasteiger partial charge < -0.3 is 10.3 Å². The van der Waals surface area contributed by atoms with Crippen LogP contribution in [0.2, 0.25) is 0 Å². The molecule has 6 nitrogen and oxygen atoms in total. The average molecular weight is 278 g/mol. The van der Waals surface area contributed by atoms with Crippen LogP contribution in [0, 0.1) is 0 Å². The van der Waals surface area contributed by atoms with Crippen molar-refractivity contribution in [3.63, 3.8) is 0 Å². The Bertz CT molecular complexity index is 691. The second kappa shape index (κ2) is 4.36. The predicted octanol–water partition coefficient (Wildman–Crippen LogP) is 0.670. The van der Waals surface area contributed by atoms with Gasteiger partial charge in [-0.05, 0) is 24.3 Å². The summed E-state index contributed by atoms with van der Waals surface area (Å²) in [6.07, 6.45) is 3.55. The van der Waals surface area contributed by atoms with Gasteiger partial charge in [-0.2, -0.15) is 4.31 Å². The van der Waals surface area contributed by atoms with Crippen LogP contribution in [0.1, 0.15) is 5.82 Å². The Morgan fingerprint density at radius 3 is 2.63 bits per heavy atom. The molecule has 3 rings (SSSR count). The van der Waals surface area contributed by atoms with E-state index in [1.54, 1.807) is 18.3 Å². The monoisotopic (exact) mass is 278 g/mol. The van der Waals surface area contributed by atoms with E-state index in [0.29, 0.717) is 25.3 Å². The van der Waals surface area contributed by atoms with Crippen LogP contribution in [-0.4, -0.2) is 28.8 Å². The highest BCUT2D eigenvalue weighted by Gasteiger charge is 2.28. The zero-order valence-electron chi connectivity index (χ0n) is 10.2. The minimum absolute atomic E-state index is 0.265. The SMILES string of the molecule is Nc1ccc(S(=O)(=O)N2CCn3ccnc3C2)cc1. The van der Waals surface area contributed by atoms with Crippen LogP contribution in [0.3, 0.4) is 0 Å². The molecule has 1 aliphatic rings. The molecule has 1 aromatic heterocycles. The summed E-state index contributed by atoms with van der Waals surface area (Å²) >= 11 is 0. The predicted molar refractivity (Wildman–Crippen MR) is 70.7 cm³/mol. The van der Waals surface area contributed by atoms with E-state index in [2.05, 4.69) is 4.98 Å². The smallest absolute Gasteiger partial charge is 0.243 e. The van der Waals surface area contributed by atoms with Gasteiger partial charge in [0.15, 0.2) is 0 Å². The Kier molecular flexibility index (Phi) is 2.79. The summed E-state index contributed by atoms with van der Waals surface area (Å²) in [5.41, 5.74) is 6.13. The Balaban J connectivity index is 1.92. The molecule has 2 heterocycles. The van der Waals surface area contributed by atoms with Gasteiger partial charge in [0.1, 0.15) is 5.82 Å². The van der Waals surface area contributed by atoms with Crippen molar-refractivity contribution in [3.05, 3.63) is 42.5 Å². The summed E-state index contributed by atoms with van der Waals surface area (Å²) in [5.74, 6) is 0.769. The first-order valence-corrected chi connectivity index (χ1v) is 7.37. The molecule has 0 spiro atoms. The van der Waals surface area contributed by atoms with Crippen molar-refractivity contribution in [2.24, 2.45) is 0 Å². The molecule has 2 aromatic rings. The van der Waals surface area contributed by atoms with Gasteiger partial charge in [-0.25, -0.2) is 13.4 Å². The van der Waals surface area contributed by atoms with E-state index in [1.807, 2.05) is 10.8 Å². The van der Waals surface area contributed by atoms with Crippen LogP contribution in [0.25, 0.3) is 0 Å². The second-order valence-electron chi connectivity index (χ2n) is 4.44. The molecule has 7 heteroatoms. The highest BCUT2D eigenvalue weighted by atomic mass is 32.2. The Labute approximate surface area is 111 Å². The van der Waals surface area contributed by atoms with Crippen molar-refractivity contribution in [3.8, 4) is 0 Å². The Morgan fingerprint density at radius 1 is 1.16 bits per heavy atom. The summed E-state index contributed by atoms with van der Waals surface area (Å²) in [6, 6.07) is 6.26. The van der Waals surface area contributed by atoms with Gasteiger partial charge in [0, 0.05) is 31.2 Å². The fourth-order valence-corrected chi connectivity index (χ4v) is 3.53. The van der Waals surface area contributed by atoms with E-state index in [9.17, 15) is 8.42 Å². The molecule has 0 radical (unpaired) electrons. The molecule has 0 saturated carbocycles. The van der Waals surface area contributed by atoms with Crippen molar-refractivity contribution in [1.82, 2.24) is 13.9 Å². The molecule has 0 amide bonds. The number of rotatable bonds is 2. The Morgan fingerprint density at radius 2 is 1.89 bits per heavy atom. The van der Waals surface area contributed by atoms with Crippen LogP contribution < -0.4 is 5.73 Å². The molecule has 0 atom stereocenters. The molecular formula is C12H14N4O2S. The molecule has 0 aliphatic carbocycles. The zero-order valence-corrected chi connectivity index (χ0v) is 11.0. The van der Waals surface area contributed by atoms with Crippen LogP contribution >= 0.6 is 0 Å². The lowest BCUT2D eigenvalue weighted by atomic mass is 10.3.